The number of allylic oxidation sites excluding steroid dienone is 1. The minimum Gasteiger partial charge on any atom is -0.497 e. The Hall–Kier alpha value is -2.56. The van der Waals surface area contributed by atoms with Gasteiger partial charge in [0.25, 0.3) is 0 Å². The Morgan fingerprint density at radius 1 is 1.19 bits per heavy atom. The number of hydrogen-bond donors (Lipinski definition) is 1. The van der Waals surface area contributed by atoms with Crippen LogP contribution in [0.1, 0.15) is 12.5 Å². The van der Waals surface area contributed by atoms with Gasteiger partial charge in [0.1, 0.15) is 11.3 Å². The molecule has 1 N–H and O–H groups in total. The molecular formula is C16H19NO4. The van der Waals surface area contributed by atoms with Crippen molar-refractivity contribution in [2.45, 2.75) is 6.92 Å². The summed E-state index contributed by atoms with van der Waals surface area (Å²) >= 11 is 0. The van der Waals surface area contributed by atoms with E-state index in [4.69, 9.17) is 4.74 Å². The second kappa shape index (κ2) is 8.58. The fraction of sp³-hybridized carbons (Fsp3) is 0.250. The summed E-state index contributed by atoms with van der Waals surface area (Å²) in [5, 5.41) is 2.82. The molecule has 1 aromatic carbocycles. The molecule has 21 heavy (non-hydrogen) atoms. The first kappa shape index (κ1) is 16.5. The Morgan fingerprint density at radius 2 is 1.86 bits per heavy atom. The predicted molar refractivity (Wildman–Crippen MR) is 80.8 cm³/mol. The van der Waals surface area contributed by atoms with Crippen molar-refractivity contribution < 1.29 is 19.1 Å². The Kier molecular flexibility index (Phi) is 6.74. The van der Waals surface area contributed by atoms with Crippen LogP contribution < -0.4 is 10.1 Å². The molecule has 0 spiro atoms. The minimum atomic E-state index is -0.666. The summed E-state index contributed by atoms with van der Waals surface area (Å²) in [6.07, 6.45) is 4.33. The number of hydrogen-bond acceptors (Lipinski definition) is 5. The van der Waals surface area contributed by atoms with Crippen LogP contribution in [-0.2, 0) is 14.3 Å². The molecule has 0 aromatic heterocycles. The average molecular weight is 289 g/mol. The fourth-order valence-electron chi connectivity index (χ4n) is 1.52. The molecule has 0 aliphatic heterocycles. The number of ketones is 1. The molecule has 0 atom stereocenters. The third-order valence-corrected chi connectivity index (χ3v) is 2.66. The maximum Gasteiger partial charge on any atom is 0.343 e. The van der Waals surface area contributed by atoms with Crippen LogP contribution in [0.3, 0.4) is 0 Å². The van der Waals surface area contributed by atoms with Crippen molar-refractivity contribution in [3.8, 4) is 5.75 Å². The second-order valence-electron chi connectivity index (χ2n) is 4.08. The molecule has 0 unspecified atom stereocenters. The monoisotopic (exact) mass is 289 g/mol. The lowest BCUT2D eigenvalue weighted by molar-refractivity contribution is -0.137. The number of ether oxygens (including phenoxy) is 2. The first-order valence-corrected chi connectivity index (χ1v) is 6.50. The fourth-order valence-corrected chi connectivity index (χ4v) is 1.52. The van der Waals surface area contributed by atoms with E-state index in [0.29, 0.717) is 6.54 Å². The van der Waals surface area contributed by atoms with Gasteiger partial charge in [-0.25, -0.2) is 4.79 Å². The van der Waals surface area contributed by atoms with Gasteiger partial charge in [0.2, 0.25) is 0 Å². The summed E-state index contributed by atoms with van der Waals surface area (Å²) in [5.74, 6) is -0.347. The maximum absolute atomic E-state index is 12.0. The summed E-state index contributed by atoms with van der Waals surface area (Å²) in [5.41, 5.74) is 0.793. The van der Waals surface area contributed by atoms with Crippen molar-refractivity contribution in [3.63, 3.8) is 0 Å². The topological polar surface area (TPSA) is 64.6 Å². The quantitative estimate of drug-likeness (QED) is 0.360. The van der Waals surface area contributed by atoms with Crippen molar-refractivity contribution >= 4 is 17.8 Å². The highest BCUT2D eigenvalue weighted by atomic mass is 16.5. The summed E-state index contributed by atoms with van der Waals surface area (Å²) in [4.78, 5) is 23.6. The lowest BCUT2D eigenvalue weighted by Gasteiger charge is -2.03. The first-order valence-electron chi connectivity index (χ1n) is 6.50. The molecule has 0 saturated heterocycles. The van der Waals surface area contributed by atoms with E-state index in [0.717, 1.165) is 11.3 Å². The van der Waals surface area contributed by atoms with E-state index in [2.05, 4.69) is 10.1 Å². The van der Waals surface area contributed by atoms with E-state index in [1.165, 1.54) is 19.4 Å². The zero-order chi connectivity index (χ0) is 15.7. The van der Waals surface area contributed by atoms with Gasteiger partial charge in [0, 0.05) is 12.7 Å². The maximum atomic E-state index is 12.0. The molecule has 112 valence electrons. The molecule has 0 fully saturated rings. The van der Waals surface area contributed by atoms with Crippen molar-refractivity contribution in [3.05, 3.63) is 47.7 Å². The smallest absolute Gasteiger partial charge is 0.343 e. The van der Waals surface area contributed by atoms with Crippen molar-refractivity contribution in [1.29, 1.82) is 0 Å². The van der Waals surface area contributed by atoms with Crippen molar-refractivity contribution in [2.75, 3.05) is 20.8 Å². The lowest BCUT2D eigenvalue weighted by atomic mass is 10.1. The van der Waals surface area contributed by atoms with Gasteiger partial charge >= 0.3 is 5.97 Å². The van der Waals surface area contributed by atoms with Gasteiger partial charge in [-0.2, -0.15) is 0 Å². The van der Waals surface area contributed by atoms with Crippen LogP contribution in [-0.4, -0.2) is 32.5 Å². The molecule has 0 radical (unpaired) electrons. The molecule has 5 nitrogen and oxygen atoms in total. The molecule has 0 aliphatic carbocycles. The Balaban J connectivity index is 2.84. The number of carbonyl (C=O) groups excluding carboxylic acids is 2. The van der Waals surface area contributed by atoms with Crippen LogP contribution in [0.25, 0.3) is 6.08 Å². The van der Waals surface area contributed by atoms with Crippen LogP contribution in [0.5, 0.6) is 5.75 Å². The van der Waals surface area contributed by atoms with Crippen molar-refractivity contribution in [2.24, 2.45) is 0 Å². The highest BCUT2D eigenvalue weighted by molar-refractivity contribution is 6.22. The van der Waals surface area contributed by atoms with Crippen LogP contribution in [0.4, 0.5) is 0 Å². The number of benzene rings is 1. The van der Waals surface area contributed by atoms with Gasteiger partial charge < -0.3 is 14.8 Å². The molecular weight excluding hydrogens is 270 g/mol. The van der Waals surface area contributed by atoms with Crippen molar-refractivity contribution in [1.82, 2.24) is 5.32 Å². The number of rotatable bonds is 7. The van der Waals surface area contributed by atoms with Gasteiger partial charge in [-0.15, -0.1) is 0 Å². The molecule has 0 amide bonds. The summed E-state index contributed by atoms with van der Waals surface area (Å²) < 4.78 is 9.65. The van der Waals surface area contributed by atoms with E-state index in [9.17, 15) is 9.59 Å². The van der Waals surface area contributed by atoms with E-state index in [1.54, 1.807) is 25.3 Å². The molecule has 0 saturated carbocycles. The molecule has 1 aromatic rings. The molecule has 0 heterocycles. The van der Waals surface area contributed by atoms with E-state index >= 15 is 0 Å². The number of nitrogens with one attached hydrogen (secondary N) is 1. The molecule has 0 bridgehead atoms. The Bertz CT molecular complexity index is 544. The molecule has 5 heteroatoms. The number of methoxy groups -OCH3 is 2. The van der Waals surface area contributed by atoms with Crippen LogP contribution in [0.2, 0.25) is 0 Å². The Labute approximate surface area is 124 Å². The summed E-state index contributed by atoms with van der Waals surface area (Å²) in [6, 6.07) is 7.21. The van der Waals surface area contributed by atoms with Gasteiger partial charge in [-0.3, -0.25) is 4.79 Å². The highest BCUT2D eigenvalue weighted by Crippen LogP contribution is 2.12. The predicted octanol–water partition coefficient (Wildman–Crippen LogP) is 1.94. The van der Waals surface area contributed by atoms with E-state index in [1.807, 2.05) is 19.1 Å². The SMILES string of the molecule is CCNC=C(C(=O)C=Cc1ccc(OC)cc1)C(=O)OC. The normalized spacial score (nSPS) is 11.3. The standard InChI is InChI=1S/C16H19NO4/c1-4-17-11-14(16(19)21-3)15(18)10-7-12-5-8-13(20-2)9-6-12/h5-11,17H,4H2,1-3H3. The average Bonchev–Trinajstić information content (AvgIpc) is 2.53. The van der Waals surface area contributed by atoms with Gasteiger partial charge in [-0.05, 0) is 30.7 Å². The molecule has 1 rings (SSSR count). The zero-order valence-corrected chi connectivity index (χ0v) is 12.4. The molecule has 0 aliphatic rings. The van der Waals surface area contributed by atoms with Gasteiger partial charge in [0.05, 0.1) is 14.2 Å². The zero-order valence-electron chi connectivity index (χ0n) is 12.4. The van der Waals surface area contributed by atoms with E-state index < -0.39 is 11.8 Å². The number of esters is 1. The summed E-state index contributed by atoms with van der Waals surface area (Å²) in [7, 11) is 2.82. The Morgan fingerprint density at radius 3 is 2.38 bits per heavy atom. The van der Waals surface area contributed by atoms with Crippen LogP contribution in [0.15, 0.2) is 42.1 Å². The minimum absolute atomic E-state index is 0.0379. The van der Waals surface area contributed by atoms with Gasteiger partial charge in [-0.1, -0.05) is 18.2 Å². The van der Waals surface area contributed by atoms with Crippen LogP contribution >= 0.6 is 0 Å². The highest BCUT2D eigenvalue weighted by Gasteiger charge is 2.16. The lowest BCUT2D eigenvalue weighted by Crippen LogP contribution is -2.17. The first-order chi connectivity index (χ1) is 10.1. The number of carbonyl (C=O) groups is 2. The second-order valence-corrected chi connectivity index (χ2v) is 4.08. The third kappa shape index (κ3) is 5.14. The largest absolute Gasteiger partial charge is 0.497 e. The van der Waals surface area contributed by atoms with Gasteiger partial charge in [0.15, 0.2) is 5.78 Å². The third-order valence-electron chi connectivity index (χ3n) is 2.66. The summed E-state index contributed by atoms with van der Waals surface area (Å²) in [6.45, 7) is 2.47. The van der Waals surface area contributed by atoms with Crippen LogP contribution in [0, 0.1) is 0 Å². The van der Waals surface area contributed by atoms with E-state index in [-0.39, 0.29) is 5.57 Å².